The summed E-state index contributed by atoms with van der Waals surface area (Å²) in [4.78, 5) is 17.0. The Morgan fingerprint density at radius 3 is 2.95 bits per heavy atom. The van der Waals surface area contributed by atoms with Gasteiger partial charge in [-0.25, -0.2) is 0 Å². The van der Waals surface area contributed by atoms with E-state index in [-0.39, 0.29) is 25.1 Å². The molecule has 6 heteroatoms. The number of carbonyl (C=O) groups is 1. The Bertz CT molecular complexity index is 672. The van der Waals surface area contributed by atoms with E-state index in [9.17, 15) is 4.79 Å². The van der Waals surface area contributed by atoms with Crippen LogP contribution in [0.1, 0.15) is 19.3 Å². The Balaban J connectivity index is 1.76. The normalized spacial score (nSPS) is 14.6. The molecule has 0 saturated heterocycles. The number of aromatic nitrogens is 1. The fraction of sp³-hybridized carbons (Fsp3) is 0.375. The zero-order chi connectivity index (χ0) is 15.4. The summed E-state index contributed by atoms with van der Waals surface area (Å²) in [6.07, 6.45) is 4.65. The highest BCUT2D eigenvalue weighted by Gasteiger charge is 2.27. The van der Waals surface area contributed by atoms with Gasteiger partial charge in [0.05, 0.1) is 35.0 Å². The molecule has 0 radical (unpaired) electrons. The SMILES string of the molecule is O=C(OSc1ccnc2ccc(OCCO)cc12)C1CCC1. The first kappa shape index (κ1) is 15.1. The van der Waals surface area contributed by atoms with E-state index in [1.54, 1.807) is 12.3 Å². The van der Waals surface area contributed by atoms with Crippen molar-refractivity contribution in [1.29, 1.82) is 0 Å². The second-order valence-electron chi connectivity index (χ2n) is 5.17. The lowest BCUT2D eigenvalue weighted by atomic mass is 9.86. The number of benzene rings is 1. The molecule has 1 fully saturated rings. The lowest BCUT2D eigenvalue weighted by Crippen LogP contribution is -2.22. The van der Waals surface area contributed by atoms with Crippen molar-refractivity contribution < 1.29 is 18.8 Å². The monoisotopic (exact) mass is 319 g/mol. The van der Waals surface area contributed by atoms with Gasteiger partial charge in [0.1, 0.15) is 12.4 Å². The number of rotatable bonds is 6. The molecule has 0 amide bonds. The van der Waals surface area contributed by atoms with Crippen molar-refractivity contribution in [3.8, 4) is 5.75 Å². The van der Waals surface area contributed by atoms with Crippen LogP contribution in [0, 0.1) is 5.92 Å². The molecule has 5 nitrogen and oxygen atoms in total. The number of hydrogen-bond donors (Lipinski definition) is 1. The summed E-state index contributed by atoms with van der Waals surface area (Å²) in [7, 11) is 0. The molecule has 0 bridgehead atoms. The van der Waals surface area contributed by atoms with Crippen LogP contribution in [0.15, 0.2) is 35.4 Å². The smallest absolute Gasteiger partial charge is 0.321 e. The summed E-state index contributed by atoms with van der Waals surface area (Å²) in [5, 5.41) is 9.69. The first-order valence-corrected chi connectivity index (χ1v) is 8.03. The molecular weight excluding hydrogens is 302 g/mol. The second kappa shape index (κ2) is 6.98. The predicted octanol–water partition coefficient (Wildman–Crippen LogP) is 2.96. The molecule has 1 aromatic carbocycles. The van der Waals surface area contributed by atoms with Gasteiger partial charge in [-0.05, 0) is 37.1 Å². The van der Waals surface area contributed by atoms with E-state index in [2.05, 4.69) is 4.98 Å². The van der Waals surface area contributed by atoms with Gasteiger partial charge in [-0.1, -0.05) is 6.42 Å². The number of ether oxygens (including phenoxy) is 1. The van der Waals surface area contributed by atoms with Crippen LogP contribution < -0.4 is 4.74 Å². The Labute approximate surface area is 132 Å². The molecule has 1 aromatic heterocycles. The van der Waals surface area contributed by atoms with Crippen molar-refractivity contribution >= 4 is 28.9 Å². The number of aliphatic hydroxyl groups is 1. The number of pyridine rings is 1. The van der Waals surface area contributed by atoms with E-state index < -0.39 is 0 Å². The zero-order valence-corrected chi connectivity index (χ0v) is 12.8. The van der Waals surface area contributed by atoms with Gasteiger partial charge in [0, 0.05) is 11.6 Å². The minimum Gasteiger partial charge on any atom is -0.491 e. The molecule has 2 aromatic rings. The van der Waals surface area contributed by atoms with E-state index >= 15 is 0 Å². The first-order chi connectivity index (χ1) is 10.8. The summed E-state index contributed by atoms with van der Waals surface area (Å²) >= 11 is 1.07. The lowest BCUT2D eigenvalue weighted by molar-refractivity contribution is -0.140. The van der Waals surface area contributed by atoms with Gasteiger partial charge in [0.2, 0.25) is 0 Å². The Kier molecular flexibility index (Phi) is 4.80. The molecule has 22 heavy (non-hydrogen) atoms. The summed E-state index contributed by atoms with van der Waals surface area (Å²) in [6.45, 7) is 0.205. The second-order valence-corrected chi connectivity index (χ2v) is 5.95. The van der Waals surface area contributed by atoms with Crippen LogP contribution in [0.2, 0.25) is 0 Å². The van der Waals surface area contributed by atoms with Crippen molar-refractivity contribution in [2.24, 2.45) is 5.92 Å². The number of nitrogens with zero attached hydrogens (tertiary/aromatic N) is 1. The predicted molar refractivity (Wildman–Crippen MR) is 83.6 cm³/mol. The van der Waals surface area contributed by atoms with Crippen LogP contribution in [0.5, 0.6) is 5.75 Å². The maximum absolute atomic E-state index is 11.8. The van der Waals surface area contributed by atoms with E-state index in [4.69, 9.17) is 14.0 Å². The van der Waals surface area contributed by atoms with Gasteiger partial charge >= 0.3 is 5.97 Å². The molecule has 0 spiro atoms. The van der Waals surface area contributed by atoms with Crippen molar-refractivity contribution in [1.82, 2.24) is 4.98 Å². The van der Waals surface area contributed by atoms with Gasteiger partial charge in [0.15, 0.2) is 0 Å². The number of aliphatic hydroxyl groups excluding tert-OH is 1. The number of carbonyl (C=O) groups excluding carboxylic acids is 1. The summed E-state index contributed by atoms with van der Waals surface area (Å²) in [5.74, 6) is 0.569. The molecule has 3 rings (SSSR count). The molecule has 1 saturated carbocycles. The summed E-state index contributed by atoms with van der Waals surface area (Å²) in [5.41, 5.74) is 0.807. The van der Waals surface area contributed by atoms with Gasteiger partial charge < -0.3 is 14.0 Å². The highest BCUT2D eigenvalue weighted by Crippen LogP contribution is 2.33. The molecule has 116 valence electrons. The Hall–Kier alpha value is -1.79. The van der Waals surface area contributed by atoms with Crippen LogP contribution >= 0.6 is 12.0 Å². The third kappa shape index (κ3) is 3.34. The lowest BCUT2D eigenvalue weighted by Gasteiger charge is -2.22. The minimum atomic E-state index is -0.145. The molecule has 1 N–H and O–H groups in total. The molecule has 0 aliphatic heterocycles. The van der Waals surface area contributed by atoms with E-state index in [1.807, 2.05) is 18.2 Å². The van der Waals surface area contributed by atoms with Crippen LogP contribution in [-0.2, 0) is 8.98 Å². The third-order valence-electron chi connectivity index (χ3n) is 3.69. The van der Waals surface area contributed by atoms with Crippen molar-refractivity contribution in [2.45, 2.75) is 24.2 Å². The van der Waals surface area contributed by atoms with E-state index in [1.165, 1.54) is 0 Å². The standard InChI is InChI=1S/C16H17NO4S/c18-8-9-20-12-4-5-14-13(10-12)15(6-7-17-14)22-21-16(19)11-2-1-3-11/h4-7,10-11,18H,1-3,8-9H2. The minimum absolute atomic E-state index is 0.0360. The maximum atomic E-state index is 11.8. The average Bonchev–Trinajstić information content (AvgIpc) is 2.49. The topological polar surface area (TPSA) is 68.7 Å². The van der Waals surface area contributed by atoms with E-state index in [0.29, 0.717) is 5.75 Å². The Morgan fingerprint density at radius 1 is 1.36 bits per heavy atom. The average molecular weight is 319 g/mol. The third-order valence-corrected chi connectivity index (χ3v) is 4.47. The maximum Gasteiger partial charge on any atom is 0.321 e. The van der Waals surface area contributed by atoms with Crippen LogP contribution in [0.25, 0.3) is 10.9 Å². The quantitative estimate of drug-likeness (QED) is 0.826. The van der Waals surface area contributed by atoms with Gasteiger partial charge in [0.25, 0.3) is 0 Å². The largest absolute Gasteiger partial charge is 0.491 e. The molecule has 1 aliphatic rings. The van der Waals surface area contributed by atoms with Crippen molar-refractivity contribution in [2.75, 3.05) is 13.2 Å². The van der Waals surface area contributed by atoms with Crippen molar-refractivity contribution in [3.05, 3.63) is 30.5 Å². The molecule has 0 unspecified atom stereocenters. The molecular formula is C16H17NO4S. The van der Waals surface area contributed by atoms with Crippen LogP contribution in [0.4, 0.5) is 0 Å². The van der Waals surface area contributed by atoms with Gasteiger partial charge in [-0.15, -0.1) is 0 Å². The fourth-order valence-electron chi connectivity index (χ4n) is 2.22. The van der Waals surface area contributed by atoms with Crippen LogP contribution in [-0.4, -0.2) is 29.3 Å². The zero-order valence-electron chi connectivity index (χ0n) is 12.0. The van der Waals surface area contributed by atoms with Gasteiger partial charge in [-0.2, -0.15) is 0 Å². The van der Waals surface area contributed by atoms with Crippen molar-refractivity contribution in [3.63, 3.8) is 0 Å². The Morgan fingerprint density at radius 2 is 2.23 bits per heavy atom. The molecule has 1 aliphatic carbocycles. The molecule has 0 atom stereocenters. The number of hydrogen-bond acceptors (Lipinski definition) is 6. The van der Waals surface area contributed by atoms with E-state index in [0.717, 1.165) is 47.1 Å². The van der Waals surface area contributed by atoms with Crippen LogP contribution in [0.3, 0.4) is 0 Å². The fourth-order valence-corrected chi connectivity index (χ4v) is 2.90. The first-order valence-electron chi connectivity index (χ1n) is 7.29. The summed E-state index contributed by atoms with van der Waals surface area (Å²) in [6, 6.07) is 7.31. The summed E-state index contributed by atoms with van der Waals surface area (Å²) < 4.78 is 10.7. The highest BCUT2D eigenvalue weighted by atomic mass is 32.2. The highest BCUT2D eigenvalue weighted by molar-refractivity contribution is 7.95. The molecule has 1 heterocycles. The number of fused-ring (bicyclic) bond motifs is 1. The van der Waals surface area contributed by atoms with Gasteiger partial charge in [-0.3, -0.25) is 9.78 Å².